The number of ether oxygens (including phenoxy) is 3. The number of hydrogen-bond donors (Lipinski definition) is 0. The van der Waals surface area contributed by atoms with E-state index in [-0.39, 0.29) is 31.6 Å². The molecule has 1 atom stereocenters. The second-order valence-corrected chi connectivity index (χ2v) is 17.7. The van der Waals surface area contributed by atoms with Crippen molar-refractivity contribution in [3.8, 4) is 0 Å². The minimum Gasteiger partial charge on any atom is -0.462 e. The van der Waals surface area contributed by atoms with Crippen LogP contribution in [0.3, 0.4) is 0 Å². The highest BCUT2D eigenvalue weighted by Crippen LogP contribution is 2.11. The van der Waals surface area contributed by atoms with Crippen molar-refractivity contribution >= 4 is 17.9 Å². The fourth-order valence-corrected chi connectivity index (χ4v) is 6.80. The van der Waals surface area contributed by atoms with Crippen molar-refractivity contribution in [2.24, 2.45) is 0 Å². The molecule has 72 heavy (non-hydrogen) atoms. The molecule has 400 valence electrons. The first kappa shape index (κ1) is 66.8. The number of carbonyl (C=O) groups is 3. The molecular formula is C66H100O6. The lowest BCUT2D eigenvalue weighted by Crippen LogP contribution is -2.30. The molecule has 0 aromatic carbocycles. The Morgan fingerprint density at radius 1 is 0.292 bits per heavy atom. The van der Waals surface area contributed by atoms with Gasteiger partial charge in [-0.3, -0.25) is 14.4 Å². The predicted molar refractivity (Wildman–Crippen MR) is 311 cm³/mol. The Kier molecular flexibility index (Phi) is 54.1. The van der Waals surface area contributed by atoms with Gasteiger partial charge < -0.3 is 14.2 Å². The molecule has 0 bridgehead atoms. The number of carbonyl (C=O) groups excluding carboxylic acids is 3. The molecule has 0 fully saturated rings. The van der Waals surface area contributed by atoms with Crippen molar-refractivity contribution in [2.75, 3.05) is 13.2 Å². The van der Waals surface area contributed by atoms with Crippen molar-refractivity contribution in [1.29, 1.82) is 0 Å². The zero-order valence-corrected chi connectivity index (χ0v) is 45.6. The molecule has 0 heterocycles. The first-order valence-corrected chi connectivity index (χ1v) is 28.1. The van der Waals surface area contributed by atoms with Crippen LogP contribution in [0.15, 0.2) is 170 Å². The van der Waals surface area contributed by atoms with Crippen molar-refractivity contribution in [1.82, 2.24) is 0 Å². The van der Waals surface area contributed by atoms with E-state index in [2.05, 4.69) is 179 Å². The number of hydrogen-bond acceptors (Lipinski definition) is 6. The molecule has 0 radical (unpaired) electrons. The normalized spacial score (nSPS) is 13.4. The molecule has 6 heteroatoms. The maximum Gasteiger partial charge on any atom is 0.306 e. The largest absolute Gasteiger partial charge is 0.462 e. The van der Waals surface area contributed by atoms with Gasteiger partial charge in [0.2, 0.25) is 0 Å². The summed E-state index contributed by atoms with van der Waals surface area (Å²) in [7, 11) is 0. The standard InChI is InChI=1S/C66H100O6/c1-4-7-10-13-16-19-22-24-25-26-27-28-29-30-31-32-33-34-35-36-37-38-39-40-41-43-44-47-50-53-56-59-65(68)71-62-63(61-70-64(67)58-55-52-49-46-21-18-15-12-9-6-3)72-66(69)60-57-54-51-48-45-42-23-20-17-14-11-8-5-2/h7-8,10-12,15-17,19-20,24-25,27-28,30-31,33-34,36-37,39-40,42-45,51,54,63H,4-6,9,13-14,18,21-23,26,29,32,35,38,41,46-50,52-53,55-62H2,1-3H3/b10-7-,11-8-,15-12-,19-16-,20-17-,25-24-,28-27-,31-30-,34-33-,37-36-,40-39-,44-43-,45-42-,54-51-. The van der Waals surface area contributed by atoms with E-state index < -0.39 is 12.1 Å². The van der Waals surface area contributed by atoms with E-state index in [0.29, 0.717) is 19.3 Å². The zero-order valence-electron chi connectivity index (χ0n) is 45.6. The first-order chi connectivity index (χ1) is 35.5. The van der Waals surface area contributed by atoms with Crippen LogP contribution in [0.4, 0.5) is 0 Å². The second-order valence-electron chi connectivity index (χ2n) is 17.7. The summed E-state index contributed by atoms with van der Waals surface area (Å²) in [5, 5.41) is 0. The second kappa shape index (κ2) is 58.3. The van der Waals surface area contributed by atoms with Gasteiger partial charge in [0, 0.05) is 19.3 Å². The summed E-state index contributed by atoms with van der Waals surface area (Å²) >= 11 is 0. The summed E-state index contributed by atoms with van der Waals surface area (Å²) in [6.45, 7) is 6.21. The molecule has 0 aromatic heterocycles. The molecule has 1 unspecified atom stereocenters. The van der Waals surface area contributed by atoms with Crippen LogP contribution >= 0.6 is 0 Å². The Morgan fingerprint density at radius 3 is 0.931 bits per heavy atom. The molecule has 0 amide bonds. The van der Waals surface area contributed by atoms with Gasteiger partial charge in [-0.25, -0.2) is 0 Å². The maximum atomic E-state index is 12.7. The summed E-state index contributed by atoms with van der Waals surface area (Å²) in [5.41, 5.74) is 0. The van der Waals surface area contributed by atoms with Crippen LogP contribution in [-0.2, 0) is 28.6 Å². The number of unbranched alkanes of at least 4 members (excludes halogenated alkanes) is 9. The minimum absolute atomic E-state index is 0.130. The van der Waals surface area contributed by atoms with Crippen LogP contribution < -0.4 is 0 Å². The van der Waals surface area contributed by atoms with Gasteiger partial charge >= 0.3 is 17.9 Å². The van der Waals surface area contributed by atoms with Gasteiger partial charge in [-0.1, -0.05) is 223 Å². The molecule has 6 nitrogen and oxygen atoms in total. The SMILES string of the molecule is CC/C=C\C/C=C\C/C=C\C/C=C\C/C=C\C/C=C\C/C=C\C/C=C\C/C=C\CCCCCC(=O)OCC(COC(=O)CCCCCCC/C=C\CCC)OC(=O)CC/C=C\C/C=C\C/C=C\C/C=C\CC. The van der Waals surface area contributed by atoms with Crippen molar-refractivity contribution < 1.29 is 28.6 Å². The molecule has 0 saturated heterocycles. The van der Waals surface area contributed by atoms with Gasteiger partial charge in [0.1, 0.15) is 13.2 Å². The summed E-state index contributed by atoms with van der Waals surface area (Å²) in [6.07, 6.45) is 86.6. The highest BCUT2D eigenvalue weighted by Gasteiger charge is 2.19. The Labute approximate surface area is 441 Å². The predicted octanol–water partition coefficient (Wildman–Crippen LogP) is 19.1. The summed E-state index contributed by atoms with van der Waals surface area (Å²) in [6, 6.07) is 0. The molecule has 0 aliphatic heterocycles. The van der Waals surface area contributed by atoms with Gasteiger partial charge in [-0.2, -0.15) is 0 Å². The molecule has 0 saturated carbocycles. The minimum atomic E-state index is -0.841. The van der Waals surface area contributed by atoms with Crippen molar-refractivity contribution in [3.63, 3.8) is 0 Å². The third kappa shape index (κ3) is 55.7. The van der Waals surface area contributed by atoms with E-state index in [1.807, 2.05) is 12.2 Å². The third-order valence-electron chi connectivity index (χ3n) is 10.9. The van der Waals surface area contributed by atoms with Crippen LogP contribution in [0, 0.1) is 0 Å². The van der Waals surface area contributed by atoms with Crippen LogP contribution in [0.2, 0.25) is 0 Å². The Morgan fingerprint density at radius 2 is 0.569 bits per heavy atom. The van der Waals surface area contributed by atoms with E-state index in [0.717, 1.165) is 148 Å². The van der Waals surface area contributed by atoms with Crippen LogP contribution in [0.1, 0.15) is 207 Å². The van der Waals surface area contributed by atoms with Gasteiger partial charge in [-0.15, -0.1) is 0 Å². The third-order valence-corrected chi connectivity index (χ3v) is 10.9. The first-order valence-electron chi connectivity index (χ1n) is 28.1. The topological polar surface area (TPSA) is 78.9 Å². The Balaban J connectivity index is 4.38. The maximum absolute atomic E-state index is 12.7. The van der Waals surface area contributed by atoms with Gasteiger partial charge in [0.15, 0.2) is 6.10 Å². The summed E-state index contributed by atoms with van der Waals surface area (Å²) in [4.78, 5) is 37.9. The monoisotopic (exact) mass is 989 g/mol. The fraction of sp³-hybridized carbons (Fsp3) is 0.530. The zero-order chi connectivity index (χ0) is 52.2. The summed E-state index contributed by atoms with van der Waals surface area (Å²) in [5.74, 6) is -1.07. The van der Waals surface area contributed by atoms with E-state index in [9.17, 15) is 14.4 Å². The molecule has 0 spiro atoms. The molecular weight excluding hydrogens is 889 g/mol. The van der Waals surface area contributed by atoms with E-state index in [1.165, 1.54) is 12.8 Å². The van der Waals surface area contributed by atoms with E-state index in [1.54, 1.807) is 0 Å². The van der Waals surface area contributed by atoms with Gasteiger partial charge in [0.25, 0.3) is 0 Å². The fourth-order valence-electron chi connectivity index (χ4n) is 6.80. The lowest BCUT2D eigenvalue weighted by Gasteiger charge is -2.18. The van der Waals surface area contributed by atoms with Gasteiger partial charge in [-0.05, 0) is 135 Å². The molecule has 0 rings (SSSR count). The van der Waals surface area contributed by atoms with Crippen molar-refractivity contribution in [2.45, 2.75) is 213 Å². The lowest BCUT2D eigenvalue weighted by atomic mass is 10.1. The molecule has 0 aliphatic rings. The lowest BCUT2D eigenvalue weighted by molar-refractivity contribution is -0.166. The highest BCUT2D eigenvalue weighted by molar-refractivity contribution is 5.71. The average molecular weight is 990 g/mol. The molecule has 0 aliphatic carbocycles. The van der Waals surface area contributed by atoms with Crippen LogP contribution in [-0.4, -0.2) is 37.2 Å². The Hall–Kier alpha value is -5.23. The Bertz CT molecular complexity index is 1700. The smallest absolute Gasteiger partial charge is 0.306 e. The number of allylic oxidation sites excluding steroid dienone is 28. The highest BCUT2D eigenvalue weighted by atomic mass is 16.6. The number of rotatable bonds is 48. The van der Waals surface area contributed by atoms with E-state index in [4.69, 9.17) is 14.2 Å². The van der Waals surface area contributed by atoms with E-state index >= 15 is 0 Å². The van der Waals surface area contributed by atoms with Gasteiger partial charge in [0.05, 0.1) is 0 Å². The molecule has 0 N–H and O–H groups in total. The number of esters is 3. The quantitative estimate of drug-likeness (QED) is 0.0262. The van der Waals surface area contributed by atoms with Crippen LogP contribution in [0.25, 0.3) is 0 Å². The summed E-state index contributed by atoms with van der Waals surface area (Å²) < 4.78 is 16.7. The average Bonchev–Trinajstić information content (AvgIpc) is 3.38. The van der Waals surface area contributed by atoms with Crippen LogP contribution in [0.5, 0.6) is 0 Å². The molecule has 0 aromatic rings. The van der Waals surface area contributed by atoms with Crippen molar-refractivity contribution in [3.05, 3.63) is 170 Å².